The van der Waals surface area contributed by atoms with Crippen LogP contribution in [0.2, 0.25) is 0 Å². The number of hydrogen-bond donors (Lipinski definition) is 3. The summed E-state index contributed by atoms with van der Waals surface area (Å²) in [5, 5.41) is 8.28. The first-order valence-corrected chi connectivity index (χ1v) is 10.3. The molecular formula is C24H17FN8O. The van der Waals surface area contributed by atoms with Crippen molar-refractivity contribution in [2.45, 2.75) is 0 Å². The Labute approximate surface area is 191 Å². The number of nitrogens with two attached hydrogens (primary N) is 1. The van der Waals surface area contributed by atoms with Crippen molar-refractivity contribution in [3.63, 3.8) is 0 Å². The Bertz CT molecular complexity index is 1690. The quantitative estimate of drug-likeness (QED) is 0.362. The van der Waals surface area contributed by atoms with Crippen molar-refractivity contribution in [2.24, 2.45) is 0 Å². The molecule has 0 unspecified atom stereocenters. The predicted molar refractivity (Wildman–Crippen MR) is 126 cm³/mol. The summed E-state index contributed by atoms with van der Waals surface area (Å²) in [6, 6.07) is 8.22. The lowest BCUT2D eigenvalue weighted by molar-refractivity contribution is 0.411. The van der Waals surface area contributed by atoms with Crippen LogP contribution >= 0.6 is 0 Å². The molecule has 166 valence electrons. The monoisotopic (exact) mass is 452 g/mol. The summed E-state index contributed by atoms with van der Waals surface area (Å²) >= 11 is 0. The zero-order valence-corrected chi connectivity index (χ0v) is 17.9. The number of rotatable bonds is 4. The first kappa shape index (κ1) is 19.8. The van der Waals surface area contributed by atoms with Crippen LogP contribution in [-0.2, 0) is 0 Å². The second-order valence-corrected chi connectivity index (χ2v) is 7.74. The molecular weight excluding hydrogens is 435 g/mol. The molecule has 0 fully saturated rings. The molecule has 0 bridgehead atoms. The summed E-state index contributed by atoms with van der Waals surface area (Å²) in [4.78, 5) is 21.0. The molecule has 5 aromatic heterocycles. The highest BCUT2D eigenvalue weighted by atomic mass is 19.1. The number of aromatic amines is 2. The van der Waals surface area contributed by atoms with Gasteiger partial charge in [0.05, 0.1) is 47.4 Å². The Morgan fingerprint density at radius 1 is 0.912 bits per heavy atom. The minimum absolute atomic E-state index is 0.406. The van der Waals surface area contributed by atoms with Crippen LogP contribution in [0.5, 0.6) is 5.75 Å². The molecule has 4 N–H and O–H groups in total. The fraction of sp³-hybridized carbons (Fsp3) is 0.0417. The second-order valence-electron chi connectivity index (χ2n) is 7.74. The van der Waals surface area contributed by atoms with Gasteiger partial charge in [0, 0.05) is 41.2 Å². The van der Waals surface area contributed by atoms with E-state index in [9.17, 15) is 4.39 Å². The van der Waals surface area contributed by atoms with Crippen LogP contribution < -0.4 is 10.5 Å². The van der Waals surface area contributed by atoms with Gasteiger partial charge >= 0.3 is 0 Å². The van der Waals surface area contributed by atoms with Gasteiger partial charge in [0.25, 0.3) is 0 Å². The number of ether oxygens (including phenoxy) is 1. The molecule has 6 aromatic rings. The Kier molecular flexibility index (Phi) is 4.44. The molecule has 0 atom stereocenters. The van der Waals surface area contributed by atoms with E-state index in [0.29, 0.717) is 50.8 Å². The van der Waals surface area contributed by atoms with E-state index in [1.165, 1.54) is 19.2 Å². The van der Waals surface area contributed by atoms with Gasteiger partial charge in [0.15, 0.2) is 5.82 Å². The van der Waals surface area contributed by atoms with Gasteiger partial charge in [-0.15, -0.1) is 0 Å². The highest BCUT2D eigenvalue weighted by Gasteiger charge is 2.17. The number of nitrogen functional groups attached to an aromatic ring is 1. The minimum Gasteiger partial charge on any atom is -0.497 e. The predicted octanol–water partition coefficient (Wildman–Crippen LogP) is 4.36. The second kappa shape index (κ2) is 7.62. The third-order valence-electron chi connectivity index (χ3n) is 5.54. The first-order chi connectivity index (χ1) is 16.6. The van der Waals surface area contributed by atoms with Gasteiger partial charge in [-0.1, -0.05) is 0 Å². The smallest absolute Gasteiger partial charge is 0.159 e. The van der Waals surface area contributed by atoms with Gasteiger partial charge in [-0.05, 0) is 29.8 Å². The Morgan fingerprint density at radius 3 is 2.65 bits per heavy atom. The van der Waals surface area contributed by atoms with Crippen LogP contribution in [0.1, 0.15) is 0 Å². The van der Waals surface area contributed by atoms with E-state index >= 15 is 0 Å². The fourth-order valence-corrected chi connectivity index (χ4v) is 3.95. The molecule has 6 rings (SSSR count). The molecule has 0 saturated heterocycles. The SMILES string of the molecule is COc1cc(F)cc(-c2cncc3[nH]c(-c4n[nH]c5cnc(-c6cncc(N)c6)cc45)nc23)c1. The summed E-state index contributed by atoms with van der Waals surface area (Å²) < 4.78 is 19.4. The molecule has 1 aromatic carbocycles. The van der Waals surface area contributed by atoms with Gasteiger partial charge in [-0.2, -0.15) is 5.10 Å². The van der Waals surface area contributed by atoms with Crippen molar-refractivity contribution < 1.29 is 9.13 Å². The van der Waals surface area contributed by atoms with Gasteiger partial charge in [-0.3, -0.25) is 20.1 Å². The third kappa shape index (κ3) is 3.28. The molecule has 0 saturated carbocycles. The number of aromatic nitrogens is 7. The van der Waals surface area contributed by atoms with E-state index in [1.807, 2.05) is 12.1 Å². The number of H-pyrrole nitrogens is 2. The maximum absolute atomic E-state index is 14.1. The summed E-state index contributed by atoms with van der Waals surface area (Å²) in [6.07, 6.45) is 8.32. The number of halogens is 1. The molecule has 0 amide bonds. The van der Waals surface area contributed by atoms with Crippen molar-refractivity contribution >= 4 is 27.6 Å². The van der Waals surface area contributed by atoms with Crippen LogP contribution in [-0.4, -0.2) is 42.2 Å². The van der Waals surface area contributed by atoms with Crippen molar-refractivity contribution in [3.05, 3.63) is 67.1 Å². The van der Waals surface area contributed by atoms with Crippen molar-refractivity contribution in [3.8, 4) is 39.7 Å². The van der Waals surface area contributed by atoms with Crippen molar-refractivity contribution in [1.82, 2.24) is 35.1 Å². The lowest BCUT2D eigenvalue weighted by atomic mass is 10.1. The number of imidazole rings is 1. The fourth-order valence-electron chi connectivity index (χ4n) is 3.95. The Hall–Kier alpha value is -4.86. The average Bonchev–Trinajstić information content (AvgIpc) is 3.47. The molecule has 9 nitrogen and oxygen atoms in total. The molecule has 34 heavy (non-hydrogen) atoms. The number of benzene rings is 1. The van der Waals surface area contributed by atoms with Crippen LogP contribution in [0.25, 0.3) is 55.8 Å². The maximum atomic E-state index is 14.1. The topological polar surface area (TPSA) is 131 Å². The van der Waals surface area contributed by atoms with E-state index in [4.69, 9.17) is 15.5 Å². The lowest BCUT2D eigenvalue weighted by Crippen LogP contribution is -1.90. The van der Waals surface area contributed by atoms with Crippen LogP contribution in [0.3, 0.4) is 0 Å². The van der Waals surface area contributed by atoms with Gasteiger partial charge in [0.2, 0.25) is 0 Å². The third-order valence-corrected chi connectivity index (χ3v) is 5.54. The zero-order chi connectivity index (χ0) is 23.2. The van der Waals surface area contributed by atoms with Crippen molar-refractivity contribution in [2.75, 3.05) is 12.8 Å². The Morgan fingerprint density at radius 2 is 1.79 bits per heavy atom. The van der Waals surface area contributed by atoms with Gasteiger partial charge in [0.1, 0.15) is 17.3 Å². The van der Waals surface area contributed by atoms with E-state index < -0.39 is 5.82 Å². The number of nitrogens with zero attached hydrogens (tertiary/aromatic N) is 5. The molecule has 0 aliphatic rings. The van der Waals surface area contributed by atoms with Crippen LogP contribution in [0.4, 0.5) is 10.1 Å². The first-order valence-electron chi connectivity index (χ1n) is 10.3. The Balaban J connectivity index is 1.50. The molecule has 0 spiro atoms. The normalized spacial score (nSPS) is 11.4. The standard InChI is InChI=1S/C24H17FN8O/c1-34-16-4-12(2-14(25)5-16)18-9-28-10-21-22(18)31-24(30-21)23-17-6-19(29-11-20(17)32-33-23)13-3-15(26)8-27-7-13/h2-11H,26H2,1H3,(H,30,31)(H,32,33). The molecule has 0 radical (unpaired) electrons. The van der Waals surface area contributed by atoms with Crippen LogP contribution in [0.15, 0.2) is 61.3 Å². The summed E-state index contributed by atoms with van der Waals surface area (Å²) in [5.41, 5.74) is 11.9. The summed E-state index contributed by atoms with van der Waals surface area (Å²) in [5.74, 6) is 0.551. The molecule has 10 heteroatoms. The van der Waals surface area contributed by atoms with E-state index in [0.717, 1.165) is 16.5 Å². The summed E-state index contributed by atoms with van der Waals surface area (Å²) in [6.45, 7) is 0. The number of fused-ring (bicyclic) bond motifs is 2. The number of anilines is 1. The lowest BCUT2D eigenvalue weighted by Gasteiger charge is -2.06. The number of nitrogens with one attached hydrogen (secondary N) is 2. The molecule has 5 heterocycles. The maximum Gasteiger partial charge on any atom is 0.159 e. The largest absolute Gasteiger partial charge is 0.497 e. The van der Waals surface area contributed by atoms with Crippen molar-refractivity contribution in [1.29, 1.82) is 0 Å². The number of methoxy groups -OCH3 is 1. The van der Waals surface area contributed by atoms with Gasteiger partial charge < -0.3 is 15.5 Å². The highest BCUT2D eigenvalue weighted by molar-refractivity contribution is 5.97. The van der Waals surface area contributed by atoms with Gasteiger partial charge in [-0.25, -0.2) is 9.37 Å². The molecule has 0 aliphatic heterocycles. The zero-order valence-electron chi connectivity index (χ0n) is 17.9. The number of hydrogen-bond acceptors (Lipinski definition) is 7. The molecule has 0 aliphatic carbocycles. The van der Waals surface area contributed by atoms with Crippen LogP contribution in [0, 0.1) is 5.82 Å². The average molecular weight is 452 g/mol. The highest BCUT2D eigenvalue weighted by Crippen LogP contribution is 2.33. The van der Waals surface area contributed by atoms with E-state index in [2.05, 4.69) is 30.1 Å². The summed E-state index contributed by atoms with van der Waals surface area (Å²) in [7, 11) is 1.50. The van der Waals surface area contributed by atoms with E-state index in [-0.39, 0.29) is 0 Å². The van der Waals surface area contributed by atoms with E-state index in [1.54, 1.807) is 37.1 Å². The number of pyridine rings is 3. The minimum atomic E-state index is -0.406.